The Morgan fingerprint density at radius 3 is 2.76 bits per heavy atom. The number of hydrogen-bond donors (Lipinski definition) is 2. The van der Waals surface area contributed by atoms with Crippen LogP contribution in [0.5, 0.6) is 0 Å². The van der Waals surface area contributed by atoms with E-state index in [9.17, 15) is 0 Å². The second-order valence-corrected chi connectivity index (χ2v) is 8.49. The number of nitrogens with zero attached hydrogens (tertiary/aromatic N) is 2. The Morgan fingerprint density at radius 2 is 1.90 bits per heavy atom. The fraction of sp³-hybridized carbons (Fsp3) is 0.400. The average molecular weight is 387 g/mol. The molecule has 4 nitrogen and oxygen atoms in total. The first kappa shape index (κ1) is 18.4. The second kappa shape index (κ2) is 8.03. The predicted octanol–water partition coefficient (Wildman–Crippen LogP) is 5.66. The van der Waals surface area contributed by atoms with Crippen LogP contribution in [0.25, 0.3) is 33.3 Å². The maximum Gasteiger partial charge on any atom is 0.139 e. The molecule has 0 aliphatic carbocycles. The van der Waals surface area contributed by atoms with Gasteiger partial charge in [0.15, 0.2) is 0 Å². The minimum atomic E-state index is 0.931. The van der Waals surface area contributed by atoms with Crippen LogP contribution < -0.4 is 5.32 Å². The zero-order chi connectivity index (χ0) is 19.6. The first-order valence-electron chi connectivity index (χ1n) is 11.0. The van der Waals surface area contributed by atoms with Crippen LogP contribution in [0.4, 0.5) is 0 Å². The lowest BCUT2D eigenvalue weighted by Crippen LogP contribution is -2.27. The lowest BCUT2D eigenvalue weighted by molar-refractivity contribution is 0.341. The fourth-order valence-electron chi connectivity index (χ4n) is 4.81. The van der Waals surface area contributed by atoms with Crippen LogP contribution >= 0.6 is 0 Å². The molecule has 1 aliphatic heterocycles. The normalized spacial score (nSPS) is 15.5. The Balaban J connectivity index is 1.34. The molecule has 0 bridgehead atoms. The molecule has 0 amide bonds. The van der Waals surface area contributed by atoms with Crippen LogP contribution in [-0.4, -0.2) is 27.6 Å². The zero-order valence-electron chi connectivity index (χ0n) is 17.2. The summed E-state index contributed by atoms with van der Waals surface area (Å²) in [5, 5.41) is 4.75. The molecule has 0 unspecified atom stereocenters. The van der Waals surface area contributed by atoms with Gasteiger partial charge in [-0.05, 0) is 69.0 Å². The summed E-state index contributed by atoms with van der Waals surface area (Å²) in [4.78, 5) is 8.42. The van der Waals surface area contributed by atoms with E-state index in [4.69, 9.17) is 4.98 Å². The van der Waals surface area contributed by atoms with Gasteiger partial charge in [0.2, 0.25) is 0 Å². The molecule has 0 spiro atoms. The first-order valence-corrected chi connectivity index (χ1v) is 11.0. The van der Waals surface area contributed by atoms with Crippen molar-refractivity contribution in [3.05, 3.63) is 54.2 Å². The SMILES string of the molecule is Cc1cccc2[nH]c(-c3cccc4c3ccn4CCCCC3CCNCC3)nc12. The molecule has 4 heteroatoms. The second-order valence-electron chi connectivity index (χ2n) is 8.49. The van der Waals surface area contributed by atoms with Crippen molar-refractivity contribution >= 4 is 21.9 Å². The molecule has 1 fully saturated rings. The molecule has 150 valence electrons. The molecule has 3 heterocycles. The molecule has 4 aromatic rings. The van der Waals surface area contributed by atoms with Gasteiger partial charge in [-0.15, -0.1) is 0 Å². The maximum atomic E-state index is 4.90. The third kappa shape index (κ3) is 3.69. The number of aromatic nitrogens is 3. The zero-order valence-corrected chi connectivity index (χ0v) is 17.2. The van der Waals surface area contributed by atoms with E-state index in [0.29, 0.717) is 0 Å². The molecule has 0 radical (unpaired) electrons. The largest absolute Gasteiger partial charge is 0.347 e. The lowest BCUT2D eigenvalue weighted by atomic mass is 9.92. The highest BCUT2D eigenvalue weighted by atomic mass is 15.0. The number of piperidine rings is 1. The first-order chi connectivity index (χ1) is 14.3. The van der Waals surface area contributed by atoms with Crippen molar-refractivity contribution in [1.29, 1.82) is 0 Å². The standard InChI is InChI=1S/C25H30N4/c1-18-6-4-9-22-24(18)28-25(27-22)21-8-5-10-23-20(21)13-17-29(23)16-3-2-7-19-11-14-26-15-12-19/h4-6,8-10,13,17,19,26H,2-3,7,11-12,14-16H2,1H3,(H,27,28). The number of benzene rings is 2. The lowest BCUT2D eigenvalue weighted by Gasteiger charge is -2.22. The fourth-order valence-corrected chi connectivity index (χ4v) is 4.81. The van der Waals surface area contributed by atoms with Crippen LogP contribution in [-0.2, 0) is 6.54 Å². The van der Waals surface area contributed by atoms with Crippen LogP contribution in [0.15, 0.2) is 48.7 Å². The van der Waals surface area contributed by atoms with Crippen LogP contribution in [0.3, 0.4) is 0 Å². The number of aryl methyl sites for hydroxylation is 2. The van der Waals surface area contributed by atoms with Crippen molar-refractivity contribution in [2.24, 2.45) is 5.92 Å². The Morgan fingerprint density at radius 1 is 1.03 bits per heavy atom. The Hall–Kier alpha value is -2.59. The van der Waals surface area contributed by atoms with E-state index in [0.717, 1.165) is 29.3 Å². The molecule has 0 atom stereocenters. The number of fused-ring (bicyclic) bond motifs is 2. The third-order valence-corrected chi connectivity index (χ3v) is 6.50. The minimum Gasteiger partial charge on any atom is -0.347 e. The summed E-state index contributed by atoms with van der Waals surface area (Å²) in [6.07, 6.45) is 8.91. The van der Waals surface area contributed by atoms with E-state index < -0.39 is 0 Å². The summed E-state index contributed by atoms with van der Waals surface area (Å²) in [5.74, 6) is 1.89. The summed E-state index contributed by atoms with van der Waals surface area (Å²) in [7, 11) is 0. The maximum absolute atomic E-state index is 4.90. The Kier molecular flexibility index (Phi) is 5.11. The van der Waals surface area contributed by atoms with Gasteiger partial charge in [-0.2, -0.15) is 0 Å². The summed E-state index contributed by atoms with van der Waals surface area (Å²) in [6, 6.07) is 15.1. The van der Waals surface area contributed by atoms with Gasteiger partial charge in [0.25, 0.3) is 0 Å². The van der Waals surface area contributed by atoms with E-state index in [1.54, 1.807) is 0 Å². The van der Waals surface area contributed by atoms with Gasteiger partial charge in [0.1, 0.15) is 5.82 Å². The third-order valence-electron chi connectivity index (χ3n) is 6.50. The molecule has 2 aromatic carbocycles. The quantitative estimate of drug-likeness (QED) is 0.420. The van der Waals surface area contributed by atoms with Crippen LogP contribution in [0, 0.1) is 12.8 Å². The number of aromatic amines is 1. The van der Waals surface area contributed by atoms with Gasteiger partial charge >= 0.3 is 0 Å². The molecular formula is C25H30N4. The van der Waals surface area contributed by atoms with E-state index >= 15 is 0 Å². The van der Waals surface area contributed by atoms with Crippen LogP contribution in [0.2, 0.25) is 0 Å². The smallest absolute Gasteiger partial charge is 0.139 e. The molecule has 0 saturated carbocycles. The Labute approximate surface area is 172 Å². The molecule has 2 aromatic heterocycles. The van der Waals surface area contributed by atoms with Gasteiger partial charge in [-0.1, -0.05) is 37.1 Å². The number of H-pyrrole nitrogens is 1. The van der Waals surface area contributed by atoms with Gasteiger partial charge in [-0.25, -0.2) is 4.98 Å². The highest BCUT2D eigenvalue weighted by Crippen LogP contribution is 2.30. The molecule has 29 heavy (non-hydrogen) atoms. The van der Waals surface area contributed by atoms with E-state index in [1.165, 1.54) is 67.2 Å². The minimum absolute atomic E-state index is 0.931. The Bertz CT molecular complexity index is 1110. The highest BCUT2D eigenvalue weighted by Gasteiger charge is 2.14. The molecule has 1 saturated heterocycles. The van der Waals surface area contributed by atoms with Crippen molar-refractivity contribution < 1.29 is 0 Å². The van der Waals surface area contributed by atoms with E-state index in [2.05, 4.69) is 70.5 Å². The summed E-state index contributed by atoms with van der Waals surface area (Å²) in [5.41, 5.74) is 5.88. The summed E-state index contributed by atoms with van der Waals surface area (Å²) < 4.78 is 2.41. The monoisotopic (exact) mass is 386 g/mol. The number of nitrogens with one attached hydrogen (secondary N) is 2. The number of hydrogen-bond acceptors (Lipinski definition) is 2. The van der Waals surface area contributed by atoms with E-state index in [-0.39, 0.29) is 0 Å². The molecular weight excluding hydrogens is 356 g/mol. The topological polar surface area (TPSA) is 45.6 Å². The van der Waals surface area contributed by atoms with Gasteiger partial charge in [0, 0.05) is 29.2 Å². The van der Waals surface area contributed by atoms with Crippen molar-refractivity contribution in [3.8, 4) is 11.4 Å². The van der Waals surface area contributed by atoms with Gasteiger partial charge in [-0.3, -0.25) is 0 Å². The van der Waals surface area contributed by atoms with Crippen molar-refractivity contribution in [2.75, 3.05) is 13.1 Å². The molecule has 1 aliphatic rings. The van der Waals surface area contributed by atoms with Crippen molar-refractivity contribution in [3.63, 3.8) is 0 Å². The number of para-hydroxylation sites is 1. The van der Waals surface area contributed by atoms with Crippen molar-refractivity contribution in [1.82, 2.24) is 19.9 Å². The van der Waals surface area contributed by atoms with E-state index in [1.807, 2.05) is 0 Å². The molecule has 5 rings (SSSR count). The number of imidazole rings is 1. The summed E-state index contributed by atoms with van der Waals surface area (Å²) >= 11 is 0. The summed E-state index contributed by atoms with van der Waals surface area (Å²) in [6.45, 7) is 5.62. The molecule has 2 N–H and O–H groups in total. The van der Waals surface area contributed by atoms with Crippen LogP contribution in [0.1, 0.15) is 37.7 Å². The highest BCUT2D eigenvalue weighted by molar-refractivity contribution is 5.95. The van der Waals surface area contributed by atoms with Gasteiger partial charge < -0.3 is 14.9 Å². The van der Waals surface area contributed by atoms with Crippen molar-refractivity contribution in [2.45, 2.75) is 45.6 Å². The number of unbranched alkanes of at least 4 members (excludes halogenated alkanes) is 1. The number of rotatable bonds is 6. The average Bonchev–Trinajstić information content (AvgIpc) is 3.37. The predicted molar refractivity (Wildman–Crippen MR) is 121 cm³/mol. The van der Waals surface area contributed by atoms with Gasteiger partial charge in [0.05, 0.1) is 11.0 Å².